The van der Waals surface area contributed by atoms with Crippen LogP contribution < -0.4 is 16.0 Å². The maximum absolute atomic E-state index is 14.5. The number of hydrogen-bond acceptors (Lipinski definition) is 7. The normalized spacial score (nSPS) is 18.6. The molecule has 29 heavy (non-hydrogen) atoms. The van der Waals surface area contributed by atoms with Crippen molar-refractivity contribution in [1.82, 2.24) is 15.3 Å². The minimum absolute atomic E-state index is 0.0104. The van der Waals surface area contributed by atoms with Gasteiger partial charge in [0.25, 0.3) is 0 Å². The van der Waals surface area contributed by atoms with Crippen molar-refractivity contribution in [1.29, 1.82) is 5.26 Å². The number of ether oxygens (including phenoxy) is 1. The molecule has 0 unspecified atom stereocenters. The number of hydrogen-bond donors (Lipinski definition) is 4. The first-order chi connectivity index (χ1) is 13.9. The smallest absolute Gasteiger partial charge is 0.405 e. The number of carbonyl (C=O) groups is 1. The van der Waals surface area contributed by atoms with Crippen molar-refractivity contribution in [2.75, 3.05) is 23.8 Å². The van der Waals surface area contributed by atoms with Crippen molar-refractivity contribution < 1.29 is 23.4 Å². The average molecular weight is 404 g/mol. The van der Waals surface area contributed by atoms with E-state index in [0.29, 0.717) is 13.0 Å². The van der Waals surface area contributed by atoms with E-state index in [4.69, 9.17) is 9.84 Å². The summed E-state index contributed by atoms with van der Waals surface area (Å²) >= 11 is 0. The molecular formula is C18H18F2N6O3. The number of anilines is 3. The summed E-state index contributed by atoms with van der Waals surface area (Å²) in [6, 6.07) is 2.94. The number of halogens is 2. The summed E-state index contributed by atoms with van der Waals surface area (Å²) in [5.41, 5.74) is 0.370. The van der Waals surface area contributed by atoms with Gasteiger partial charge in [-0.05, 0) is 19.4 Å². The van der Waals surface area contributed by atoms with Crippen LogP contribution in [-0.4, -0.2) is 46.5 Å². The summed E-state index contributed by atoms with van der Waals surface area (Å²) in [5.74, 6) is -1.48. The molecule has 1 fully saturated rings. The minimum Gasteiger partial charge on any atom is -0.465 e. The predicted octanol–water partition coefficient (Wildman–Crippen LogP) is 2.52. The molecule has 0 radical (unpaired) electrons. The highest BCUT2D eigenvalue weighted by Crippen LogP contribution is 2.25. The van der Waals surface area contributed by atoms with E-state index >= 15 is 0 Å². The molecule has 152 valence electrons. The summed E-state index contributed by atoms with van der Waals surface area (Å²) in [4.78, 5) is 19.0. The Kier molecular flexibility index (Phi) is 6.04. The SMILES string of the molecule is Cc1ncc(Nc2nc(N[C@@H]3CCOC[C@@H]3NC(=O)O)c(F)cc2C#N)cc1F. The van der Waals surface area contributed by atoms with Gasteiger partial charge >= 0.3 is 6.09 Å². The van der Waals surface area contributed by atoms with Gasteiger partial charge in [-0.2, -0.15) is 5.26 Å². The molecule has 0 saturated carbocycles. The van der Waals surface area contributed by atoms with Crippen LogP contribution >= 0.6 is 0 Å². The number of amides is 1. The summed E-state index contributed by atoms with van der Waals surface area (Å²) in [5, 5.41) is 26.2. The second kappa shape index (κ2) is 8.66. The minimum atomic E-state index is -1.23. The third kappa shape index (κ3) is 4.85. The third-order valence-electron chi connectivity index (χ3n) is 4.37. The molecular weight excluding hydrogens is 386 g/mol. The number of nitrogens with zero attached hydrogens (tertiary/aromatic N) is 3. The number of rotatable bonds is 5. The van der Waals surface area contributed by atoms with Crippen molar-refractivity contribution in [3.63, 3.8) is 0 Å². The van der Waals surface area contributed by atoms with Gasteiger partial charge in [0.1, 0.15) is 11.9 Å². The predicted molar refractivity (Wildman–Crippen MR) is 98.9 cm³/mol. The molecule has 1 aliphatic heterocycles. The number of aryl methyl sites for hydroxylation is 1. The molecule has 3 heterocycles. The zero-order valence-corrected chi connectivity index (χ0v) is 15.4. The Morgan fingerprint density at radius 3 is 2.79 bits per heavy atom. The molecule has 0 aliphatic carbocycles. The Morgan fingerprint density at radius 2 is 2.10 bits per heavy atom. The van der Waals surface area contributed by atoms with E-state index in [1.54, 1.807) is 0 Å². The molecule has 2 aromatic rings. The molecule has 0 bridgehead atoms. The van der Waals surface area contributed by atoms with Gasteiger partial charge in [0.2, 0.25) is 0 Å². The maximum atomic E-state index is 14.5. The number of pyridine rings is 2. The van der Waals surface area contributed by atoms with Gasteiger partial charge in [0.15, 0.2) is 17.5 Å². The number of nitrogens with one attached hydrogen (secondary N) is 3. The molecule has 4 N–H and O–H groups in total. The van der Waals surface area contributed by atoms with Crippen LogP contribution in [0.5, 0.6) is 0 Å². The van der Waals surface area contributed by atoms with Crippen molar-refractivity contribution in [2.45, 2.75) is 25.4 Å². The lowest BCUT2D eigenvalue weighted by molar-refractivity contribution is 0.0625. The molecule has 9 nitrogen and oxygen atoms in total. The van der Waals surface area contributed by atoms with Gasteiger partial charge in [0.05, 0.1) is 41.8 Å². The van der Waals surface area contributed by atoms with E-state index in [1.807, 2.05) is 6.07 Å². The van der Waals surface area contributed by atoms with E-state index < -0.39 is 29.8 Å². The highest BCUT2D eigenvalue weighted by Gasteiger charge is 2.28. The molecule has 2 atom stereocenters. The van der Waals surface area contributed by atoms with Gasteiger partial charge < -0.3 is 25.8 Å². The molecule has 2 aromatic heterocycles. The molecule has 1 aliphatic rings. The molecule has 0 spiro atoms. The number of carboxylic acid groups (broad SMARTS) is 1. The fourth-order valence-electron chi connectivity index (χ4n) is 2.87. The molecule has 11 heteroatoms. The average Bonchev–Trinajstić information content (AvgIpc) is 2.68. The van der Waals surface area contributed by atoms with Crippen LogP contribution in [0.15, 0.2) is 18.3 Å². The Morgan fingerprint density at radius 1 is 1.31 bits per heavy atom. The first-order valence-corrected chi connectivity index (χ1v) is 8.71. The monoisotopic (exact) mass is 404 g/mol. The third-order valence-corrected chi connectivity index (χ3v) is 4.37. The van der Waals surface area contributed by atoms with Crippen LogP contribution in [0.25, 0.3) is 0 Å². The second-order valence-corrected chi connectivity index (χ2v) is 6.41. The summed E-state index contributed by atoms with van der Waals surface area (Å²) in [6.07, 6.45) is 0.557. The van der Waals surface area contributed by atoms with E-state index in [9.17, 15) is 18.8 Å². The van der Waals surface area contributed by atoms with Gasteiger partial charge in [-0.25, -0.2) is 18.6 Å². The van der Waals surface area contributed by atoms with Crippen LogP contribution in [0.2, 0.25) is 0 Å². The Hall–Kier alpha value is -3.52. The van der Waals surface area contributed by atoms with Gasteiger partial charge in [0, 0.05) is 12.7 Å². The van der Waals surface area contributed by atoms with Gasteiger partial charge in [-0.3, -0.25) is 4.98 Å². The quantitative estimate of drug-likeness (QED) is 0.598. The fraction of sp³-hybridized carbons (Fsp3) is 0.333. The van der Waals surface area contributed by atoms with Crippen molar-refractivity contribution in [3.8, 4) is 6.07 Å². The first-order valence-electron chi connectivity index (χ1n) is 8.71. The van der Waals surface area contributed by atoms with E-state index in [-0.39, 0.29) is 35.2 Å². The lowest BCUT2D eigenvalue weighted by atomic mass is 10.0. The summed E-state index contributed by atoms with van der Waals surface area (Å²) < 4.78 is 33.5. The Balaban J connectivity index is 1.87. The van der Waals surface area contributed by atoms with Crippen molar-refractivity contribution in [2.24, 2.45) is 0 Å². The number of aromatic nitrogens is 2. The van der Waals surface area contributed by atoms with Crippen LogP contribution in [0.3, 0.4) is 0 Å². The molecule has 0 aromatic carbocycles. The van der Waals surface area contributed by atoms with Crippen molar-refractivity contribution in [3.05, 3.63) is 41.2 Å². The molecule has 1 amide bonds. The highest BCUT2D eigenvalue weighted by molar-refractivity contribution is 5.66. The Bertz CT molecular complexity index is 965. The van der Waals surface area contributed by atoms with Crippen LogP contribution in [0.4, 0.5) is 30.9 Å². The topological polar surface area (TPSA) is 132 Å². The van der Waals surface area contributed by atoms with Crippen LogP contribution in [0, 0.1) is 29.9 Å². The van der Waals surface area contributed by atoms with E-state index in [0.717, 1.165) is 6.07 Å². The summed E-state index contributed by atoms with van der Waals surface area (Å²) in [7, 11) is 0. The first kappa shape index (κ1) is 20.2. The van der Waals surface area contributed by atoms with E-state index in [2.05, 4.69) is 25.9 Å². The maximum Gasteiger partial charge on any atom is 0.405 e. The standard InChI is InChI=1S/C18H18F2N6O3/c1-9-12(19)5-11(7-22-9)23-16-10(6-21)4-13(20)17(26-16)24-14-2-3-29-8-15(14)25-18(27)28/h4-5,7,14-15,25H,2-3,8H2,1H3,(H,27,28)(H2,23,24,26)/t14-,15+/m1/s1. The zero-order valence-electron chi connectivity index (χ0n) is 15.4. The molecule has 3 rings (SSSR count). The Labute approximate surface area is 164 Å². The van der Waals surface area contributed by atoms with Crippen molar-refractivity contribution >= 4 is 23.4 Å². The molecule has 1 saturated heterocycles. The summed E-state index contributed by atoms with van der Waals surface area (Å²) in [6.45, 7) is 2.00. The highest BCUT2D eigenvalue weighted by atomic mass is 19.1. The fourth-order valence-corrected chi connectivity index (χ4v) is 2.87. The van der Waals surface area contributed by atoms with Crippen LogP contribution in [0.1, 0.15) is 17.7 Å². The lowest BCUT2D eigenvalue weighted by Crippen LogP contribution is -2.52. The van der Waals surface area contributed by atoms with Gasteiger partial charge in [-0.15, -0.1) is 0 Å². The number of nitriles is 1. The zero-order chi connectivity index (χ0) is 21.0. The lowest BCUT2D eigenvalue weighted by Gasteiger charge is -2.32. The van der Waals surface area contributed by atoms with Gasteiger partial charge in [-0.1, -0.05) is 0 Å². The van der Waals surface area contributed by atoms with E-state index in [1.165, 1.54) is 19.2 Å². The van der Waals surface area contributed by atoms with Crippen LogP contribution in [-0.2, 0) is 4.74 Å². The second-order valence-electron chi connectivity index (χ2n) is 6.41. The largest absolute Gasteiger partial charge is 0.465 e.